The highest BCUT2D eigenvalue weighted by Crippen LogP contribution is 2.38. The summed E-state index contributed by atoms with van der Waals surface area (Å²) >= 11 is 0. The number of fused-ring (bicyclic) bond motifs is 1. The van der Waals surface area contributed by atoms with Gasteiger partial charge in [0.15, 0.2) is 0 Å². The van der Waals surface area contributed by atoms with Crippen LogP contribution in [0.5, 0.6) is 11.5 Å². The number of rotatable bonds is 6. The molecule has 3 aromatic carbocycles. The van der Waals surface area contributed by atoms with Crippen molar-refractivity contribution < 1.29 is 9.47 Å². The van der Waals surface area contributed by atoms with Crippen LogP contribution in [0, 0.1) is 0 Å². The molecule has 4 aromatic rings. The molecule has 5 nitrogen and oxygen atoms in total. The number of para-hydroxylation sites is 1. The smallest absolute Gasteiger partial charge is 0.133 e. The van der Waals surface area contributed by atoms with Crippen LogP contribution < -0.4 is 14.8 Å². The Morgan fingerprint density at radius 2 is 1.70 bits per heavy atom. The molecule has 0 radical (unpaired) electrons. The van der Waals surface area contributed by atoms with Crippen molar-refractivity contribution in [3.63, 3.8) is 0 Å². The summed E-state index contributed by atoms with van der Waals surface area (Å²) in [6, 6.07) is 26.3. The van der Waals surface area contributed by atoms with Gasteiger partial charge in [0.25, 0.3) is 0 Å². The summed E-state index contributed by atoms with van der Waals surface area (Å²) in [7, 11) is 1.70. The minimum absolute atomic E-state index is 0.552. The molecule has 150 valence electrons. The van der Waals surface area contributed by atoms with Gasteiger partial charge >= 0.3 is 0 Å². The number of aromatic nitrogens is 2. The highest BCUT2D eigenvalue weighted by Gasteiger charge is 2.25. The second-order valence-electron chi connectivity index (χ2n) is 7.23. The molecule has 1 aliphatic heterocycles. The molecule has 0 unspecified atom stereocenters. The Balaban J connectivity index is 1.43. The topological polar surface area (TPSA) is 48.3 Å². The minimum atomic E-state index is 0.552. The van der Waals surface area contributed by atoms with Gasteiger partial charge < -0.3 is 14.8 Å². The molecule has 2 heterocycles. The normalized spacial score (nSPS) is 12.3. The monoisotopic (exact) mass is 397 g/mol. The summed E-state index contributed by atoms with van der Waals surface area (Å²) in [5, 5.41) is 8.42. The van der Waals surface area contributed by atoms with Crippen molar-refractivity contribution in [3.8, 4) is 28.4 Å². The molecule has 1 aliphatic rings. The number of anilines is 1. The van der Waals surface area contributed by atoms with Crippen LogP contribution in [0.1, 0.15) is 11.1 Å². The lowest BCUT2D eigenvalue weighted by Crippen LogP contribution is -2.04. The third-order valence-corrected chi connectivity index (χ3v) is 5.34. The van der Waals surface area contributed by atoms with Gasteiger partial charge in [-0.2, -0.15) is 5.10 Å². The van der Waals surface area contributed by atoms with Gasteiger partial charge in [0, 0.05) is 17.7 Å². The van der Waals surface area contributed by atoms with Crippen molar-refractivity contribution in [2.45, 2.75) is 13.0 Å². The number of methoxy groups -OCH3 is 1. The van der Waals surface area contributed by atoms with E-state index in [0.717, 1.165) is 52.8 Å². The number of hydrogen-bond acceptors (Lipinski definition) is 4. The summed E-state index contributed by atoms with van der Waals surface area (Å²) in [4.78, 5) is 0. The molecule has 1 aromatic heterocycles. The lowest BCUT2D eigenvalue weighted by molar-refractivity contribution is 0.306. The third-order valence-electron chi connectivity index (χ3n) is 5.34. The Hall–Kier alpha value is -3.73. The predicted molar refractivity (Wildman–Crippen MR) is 119 cm³/mol. The number of hydrogen-bond donors (Lipinski definition) is 1. The molecule has 5 rings (SSSR count). The average molecular weight is 397 g/mol. The van der Waals surface area contributed by atoms with Crippen LogP contribution in [-0.4, -0.2) is 23.4 Å². The van der Waals surface area contributed by atoms with Gasteiger partial charge in [-0.25, -0.2) is 4.68 Å². The average Bonchev–Trinajstić information content (AvgIpc) is 3.42. The molecule has 0 fully saturated rings. The quantitative estimate of drug-likeness (QED) is 0.492. The predicted octanol–water partition coefficient (Wildman–Crippen LogP) is 5.09. The maximum Gasteiger partial charge on any atom is 0.133 e. The molecule has 0 saturated carbocycles. The fourth-order valence-corrected chi connectivity index (χ4v) is 3.84. The Morgan fingerprint density at radius 3 is 2.50 bits per heavy atom. The summed E-state index contributed by atoms with van der Waals surface area (Å²) in [5.41, 5.74) is 5.35. The largest absolute Gasteiger partial charge is 0.496 e. The molecule has 0 aliphatic carbocycles. The number of benzene rings is 3. The second-order valence-corrected chi connectivity index (χ2v) is 7.23. The molecule has 5 heteroatoms. The van der Waals surface area contributed by atoms with Crippen LogP contribution in [0.15, 0.2) is 78.9 Å². The Kier molecular flexibility index (Phi) is 4.85. The van der Waals surface area contributed by atoms with Gasteiger partial charge in [0.2, 0.25) is 0 Å². The number of nitrogens with one attached hydrogen (secondary N) is 1. The Bertz CT molecular complexity index is 1150. The maximum atomic E-state index is 5.92. The van der Waals surface area contributed by atoms with Crippen LogP contribution in [0.25, 0.3) is 16.9 Å². The third kappa shape index (κ3) is 3.39. The summed E-state index contributed by atoms with van der Waals surface area (Å²) < 4.78 is 13.5. The van der Waals surface area contributed by atoms with Crippen molar-refractivity contribution in [1.29, 1.82) is 0 Å². The van der Waals surface area contributed by atoms with Gasteiger partial charge in [-0.15, -0.1) is 0 Å². The van der Waals surface area contributed by atoms with Crippen molar-refractivity contribution in [2.24, 2.45) is 0 Å². The van der Waals surface area contributed by atoms with E-state index in [-0.39, 0.29) is 0 Å². The van der Waals surface area contributed by atoms with Crippen LogP contribution >= 0.6 is 0 Å². The first-order valence-corrected chi connectivity index (χ1v) is 10.1. The van der Waals surface area contributed by atoms with Crippen LogP contribution in [0.2, 0.25) is 0 Å². The van der Waals surface area contributed by atoms with E-state index in [1.807, 2.05) is 65.3 Å². The molecule has 30 heavy (non-hydrogen) atoms. The first-order chi connectivity index (χ1) is 14.8. The second kappa shape index (κ2) is 7.95. The van der Waals surface area contributed by atoms with Gasteiger partial charge in [0.05, 0.1) is 12.8 Å². The fourth-order valence-electron chi connectivity index (χ4n) is 3.84. The van der Waals surface area contributed by atoms with E-state index in [2.05, 4.69) is 23.5 Å². The molecule has 0 spiro atoms. The number of nitrogens with zero attached hydrogens (tertiary/aromatic N) is 2. The molecular weight excluding hydrogens is 374 g/mol. The van der Waals surface area contributed by atoms with Gasteiger partial charge in [0.1, 0.15) is 29.6 Å². The maximum absolute atomic E-state index is 5.92. The van der Waals surface area contributed by atoms with Crippen LogP contribution in [0.4, 0.5) is 5.82 Å². The molecular formula is C25H23N3O2. The first-order valence-electron chi connectivity index (χ1n) is 10.1. The number of ether oxygens (including phenoxy) is 2. The Morgan fingerprint density at radius 1 is 0.933 bits per heavy atom. The molecule has 0 amide bonds. The van der Waals surface area contributed by atoms with Crippen LogP contribution in [-0.2, 0) is 13.0 Å². The summed E-state index contributed by atoms with van der Waals surface area (Å²) in [5.74, 6) is 2.72. The highest BCUT2D eigenvalue weighted by atomic mass is 16.5. The molecule has 0 atom stereocenters. The lowest BCUT2D eigenvalue weighted by atomic mass is 10.1. The zero-order valence-electron chi connectivity index (χ0n) is 16.8. The van der Waals surface area contributed by atoms with E-state index in [0.29, 0.717) is 6.61 Å². The van der Waals surface area contributed by atoms with E-state index >= 15 is 0 Å². The van der Waals surface area contributed by atoms with Crippen molar-refractivity contribution in [2.75, 3.05) is 19.0 Å². The molecule has 0 bridgehead atoms. The van der Waals surface area contributed by atoms with Gasteiger partial charge in [-0.1, -0.05) is 42.5 Å². The lowest BCUT2D eigenvalue weighted by Gasteiger charge is -2.09. The summed E-state index contributed by atoms with van der Waals surface area (Å²) in [6.07, 6.45) is 0.945. The Labute approximate surface area is 175 Å². The van der Waals surface area contributed by atoms with E-state index < -0.39 is 0 Å². The zero-order valence-corrected chi connectivity index (χ0v) is 16.8. The standard InChI is InChI=1S/C25H23N3O2/c1-29-23-10-6-5-9-21(23)24-22-15-16-26-25(22)28(27-24)19-11-13-20(14-12-19)30-17-18-7-3-2-4-8-18/h2-14,26H,15-17H2,1H3. The zero-order chi connectivity index (χ0) is 20.3. The minimum Gasteiger partial charge on any atom is -0.496 e. The van der Waals surface area contributed by atoms with E-state index in [9.17, 15) is 0 Å². The van der Waals surface area contributed by atoms with Crippen molar-refractivity contribution in [1.82, 2.24) is 9.78 Å². The van der Waals surface area contributed by atoms with Gasteiger partial charge in [-0.05, 0) is 48.4 Å². The van der Waals surface area contributed by atoms with Crippen molar-refractivity contribution in [3.05, 3.63) is 90.0 Å². The van der Waals surface area contributed by atoms with Crippen LogP contribution in [0.3, 0.4) is 0 Å². The SMILES string of the molecule is COc1ccccc1-c1nn(-c2ccc(OCc3ccccc3)cc2)c2c1CCN2. The first kappa shape index (κ1) is 18.3. The molecule has 0 saturated heterocycles. The van der Waals surface area contributed by atoms with E-state index in [4.69, 9.17) is 14.6 Å². The van der Waals surface area contributed by atoms with Crippen molar-refractivity contribution >= 4 is 5.82 Å². The van der Waals surface area contributed by atoms with E-state index in [1.165, 1.54) is 5.56 Å². The molecule has 1 N–H and O–H groups in total. The highest BCUT2D eigenvalue weighted by molar-refractivity contribution is 5.76. The van der Waals surface area contributed by atoms with E-state index in [1.54, 1.807) is 7.11 Å². The summed E-state index contributed by atoms with van der Waals surface area (Å²) in [6.45, 7) is 1.46. The van der Waals surface area contributed by atoms with Gasteiger partial charge in [-0.3, -0.25) is 0 Å². The fraction of sp³-hybridized carbons (Fsp3) is 0.160.